The van der Waals surface area contributed by atoms with E-state index >= 15 is 0 Å². The number of nitrogens with zero attached hydrogens (tertiary/aromatic N) is 3. The molecule has 2 aromatic rings. The summed E-state index contributed by atoms with van der Waals surface area (Å²) in [5.41, 5.74) is 1.56. The van der Waals surface area contributed by atoms with Crippen LogP contribution in [0.4, 0.5) is 21.0 Å². The number of methoxy groups -OCH3 is 2. The topological polar surface area (TPSA) is 252 Å². The first-order valence-corrected chi connectivity index (χ1v) is 30.6. The lowest BCUT2D eigenvalue weighted by molar-refractivity contribution is -0.149. The number of hydrogen-bond donors (Lipinski definition) is 5. The summed E-state index contributed by atoms with van der Waals surface area (Å²) in [5, 5.41) is 22.1. The molecule has 462 valence electrons. The molecular formula is C62H94BrN7O13. The van der Waals surface area contributed by atoms with Crippen molar-refractivity contribution in [1.29, 1.82) is 0 Å². The Hall–Kier alpha value is -5.90. The molecule has 2 aliphatic rings. The van der Waals surface area contributed by atoms with Crippen molar-refractivity contribution < 1.29 is 62.4 Å². The fraction of sp³-hybridized carbons (Fsp3) is 0.645. The van der Waals surface area contributed by atoms with Gasteiger partial charge in [-0.1, -0.05) is 120 Å². The second kappa shape index (κ2) is 34.8. The summed E-state index contributed by atoms with van der Waals surface area (Å²) < 4.78 is 23.6. The summed E-state index contributed by atoms with van der Waals surface area (Å²) >= 11 is 3.08. The number of allylic oxidation sites excluding steroid dienone is 1. The molecule has 1 aliphatic carbocycles. The van der Waals surface area contributed by atoms with Crippen LogP contribution in [0.15, 0.2) is 60.7 Å². The van der Waals surface area contributed by atoms with E-state index in [-0.39, 0.29) is 96.3 Å². The molecule has 4 rings (SSSR count). The fourth-order valence-electron chi connectivity index (χ4n) is 11.3. The van der Waals surface area contributed by atoms with Gasteiger partial charge < -0.3 is 54.7 Å². The summed E-state index contributed by atoms with van der Waals surface area (Å²) in [7, 11) is 6.20. The van der Waals surface area contributed by atoms with Crippen LogP contribution in [0.5, 0.6) is 0 Å². The summed E-state index contributed by atoms with van der Waals surface area (Å²) in [6.07, 6.45) is 5.87. The lowest BCUT2D eigenvalue weighted by Gasteiger charge is -2.41. The van der Waals surface area contributed by atoms with Gasteiger partial charge in [-0.2, -0.15) is 0 Å². The van der Waals surface area contributed by atoms with Crippen LogP contribution in [-0.2, 0) is 54.3 Å². The predicted octanol–water partition coefficient (Wildman–Crippen LogP) is 8.95. The molecule has 0 bridgehead atoms. The van der Waals surface area contributed by atoms with Crippen LogP contribution in [-0.4, -0.2) is 157 Å². The van der Waals surface area contributed by atoms with Gasteiger partial charge in [-0.15, -0.1) is 0 Å². The number of amides is 7. The second-order valence-electron chi connectivity index (χ2n) is 22.9. The van der Waals surface area contributed by atoms with Crippen molar-refractivity contribution in [3.63, 3.8) is 0 Å². The minimum atomic E-state index is -0.982. The van der Waals surface area contributed by atoms with Crippen LogP contribution < -0.4 is 21.3 Å². The molecule has 20 nitrogen and oxygen atoms in total. The van der Waals surface area contributed by atoms with Crippen molar-refractivity contribution in [2.75, 3.05) is 57.4 Å². The molecule has 1 heterocycles. The molecule has 11 atom stereocenters. The largest absolute Gasteiger partial charge is 0.445 e. The van der Waals surface area contributed by atoms with Gasteiger partial charge in [-0.25, -0.2) is 9.59 Å². The lowest BCUT2D eigenvalue weighted by Crippen LogP contribution is -2.55. The van der Waals surface area contributed by atoms with E-state index in [4.69, 9.17) is 18.9 Å². The van der Waals surface area contributed by atoms with Crippen molar-refractivity contribution in [2.24, 2.45) is 29.6 Å². The van der Waals surface area contributed by atoms with Crippen LogP contribution in [0.2, 0.25) is 0 Å². The van der Waals surface area contributed by atoms with E-state index in [9.17, 15) is 43.5 Å². The third kappa shape index (κ3) is 20.7. The Morgan fingerprint density at radius 1 is 0.807 bits per heavy atom. The monoisotopic (exact) mass is 1220 g/mol. The second-order valence-corrected chi connectivity index (χ2v) is 23.5. The van der Waals surface area contributed by atoms with Crippen molar-refractivity contribution in [2.45, 2.75) is 181 Å². The van der Waals surface area contributed by atoms with Gasteiger partial charge in [0.15, 0.2) is 5.78 Å². The molecule has 5 N–H and O–H groups in total. The smallest absolute Gasteiger partial charge is 0.412 e. The third-order valence-corrected chi connectivity index (χ3v) is 16.7. The van der Waals surface area contributed by atoms with E-state index in [1.807, 2.05) is 71.9 Å². The number of likely N-dealkylation sites (tertiary alicyclic amines) is 1. The minimum absolute atomic E-state index is 0.0623. The number of nitrogens with one attached hydrogen (secondary N) is 4. The maximum Gasteiger partial charge on any atom is 0.412 e. The number of halogens is 1. The number of anilines is 2. The van der Waals surface area contributed by atoms with E-state index in [0.717, 1.165) is 25.7 Å². The van der Waals surface area contributed by atoms with Gasteiger partial charge in [-0.3, -0.25) is 34.1 Å². The quantitative estimate of drug-likeness (QED) is 0.0362. The molecule has 21 heteroatoms. The molecule has 2 aromatic carbocycles. The van der Waals surface area contributed by atoms with Gasteiger partial charge in [0.1, 0.15) is 12.7 Å². The van der Waals surface area contributed by atoms with Crippen LogP contribution in [0.25, 0.3) is 0 Å². The van der Waals surface area contributed by atoms with E-state index in [1.165, 1.54) is 26.2 Å². The Morgan fingerprint density at radius 2 is 1.52 bits per heavy atom. The van der Waals surface area contributed by atoms with Gasteiger partial charge in [0.05, 0.1) is 71.5 Å². The molecule has 0 radical (unpaired) electrons. The number of ketones is 1. The number of alkyl halides is 1. The first-order valence-electron chi connectivity index (χ1n) is 29.4. The van der Waals surface area contributed by atoms with Crippen LogP contribution in [0.1, 0.15) is 143 Å². The molecule has 7 amide bonds. The molecule has 1 unspecified atom stereocenters. The van der Waals surface area contributed by atoms with E-state index in [0.29, 0.717) is 43.4 Å². The number of hydrogen-bond acceptors (Lipinski definition) is 13. The maximum absolute atomic E-state index is 14.9. The van der Waals surface area contributed by atoms with Crippen LogP contribution in [0, 0.1) is 29.6 Å². The SMILES string of the molecule is CC[C@H](C)[C@@H]([C@@H](CC(=O)N1CCC[C@H]1[C@H](OC)[C@@H](C)C(=O)N[C@H](C)[C@@H](O)c1ccccc1)OC)N(C)C(=O)[C@H](CC(=O)[C@H](C(C)C)N(C)C(=O)OCc1ccc(NC(=O)OC2/C=C/CCCCC2)c(NC(=O)CCNC(=O)CBr)c1)C(C)C. The van der Waals surface area contributed by atoms with Gasteiger partial charge >= 0.3 is 12.2 Å². The Morgan fingerprint density at radius 3 is 2.16 bits per heavy atom. The summed E-state index contributed by atoms with van der Waals surface area (Å²) in [5.74, 6) is -4.21. The predicted molar refractivity (Wildman–Crippen MR) is 322 cm³/mol. The Kier molecular flexibility index (Phi) is 29.2. The number of aliphatic hydroxyl groups excluding tert-OH is 1. The number of rotatable bonds is 30. The highest BCUT2D eigenvalue weighted by Gasteiger charge is 2.44. The van der Waals surface area contributed by atoms with E-state index in [2.05, 4.69) is 37.2 Å². The number of aliphatic hydroxyl groups is 1. The number of Topliss-reactive ketones (excluding diaryl/α,β-unsaturated/α-hetero) is 1. The maximum atomic E-state index is 14.9. The number of carbonyl (C=O) groups is 8. The van der Waals surface area contributed by atoms with Gasteiger partial charge in [0, 0.05) is 60.2 Å². The highest BCUT2D eigenvalue weighted by atomic mass is 79.9. The molecule has 1 saturated heterocycles. The Bertz CT molecular complexity index is 2480. The Balaban J connectivity index is 1.46. The first-order chi connectivity index (χ1) is 39.5. The lowest BCUT2D eigenvalue weighted by atomic mass is 9.83. The average molecular weight is 1230 g/mol. The number of carbonyl (C=O) groups excluding carboxylic acids is 8. The Labute approximate surface area is 500 Å². The number of benzene rings is 2. The summed E-state index contributed by atoms with van der Waals surface area (Å²) in [6, 6.07) is 11.3. The molecule has 0 saturated carbocycles. The van der Waals surface area contributed by atoms with Gasteiger partial charge in [0.2, 0.25) is 29.5 Å². The summed E-state index contributed by atoms with van der Waals surface area (Å²) in [4.78, 5) is 114. The van der Waals surface area contributed by atoms with Gasteiger partial charge in [-0.05, 0) is 92.5 Å². The highest BCUT2D eigenvalue weighted by Crippen LogP contribution is 2.32. The standard InChI is InChI=1S/C62H94BrN7O13/c1-13-40(6)56(51(80-11)35-54(74)70-32-22-27-49(70)58(81-12)41(7)59(76)65-42(8)57(75)44-23-18-17-19-24-44)68(9)60(77)46(38(2)3)34-50(71)55(39(4)5)69(10)62(79)82-37-43-28-29-47(48(33-43)66-52(72)30-31-64-53(73)36-63)67-61(78)83-45-25-20-15-14-16-21-26-45/h17-20,23-25,28-29,33,38-42,45-46,49,51,55-58,75H,13-16,21-22,26-27,30-32,34-37H2,1-12H3,(H,64,73)(H,65,76)(H,66,72)(H,67,78)/b25-20+/t40-,41+,42+,45?,46+,49-,51+,55-,56-,57+,58+/m0/s1. The molecular weight excluding hydrogens is 1130 g/mol. The zero-order valence-electron chi connectivity index (χ0n) is 51.0. The molecule has 0 aromatic heterocycles. The number of likely N-dealkylation sites (N-methyl/N-ethyl adjacent to an activating group) is 2. The van der Waals surface area contributed by atoms with Crippen LogP contribution in [0.3, 0.4) is 0 Å². The molecule has 1 fully saturated rings. The zero-order chi connectivity index (χ0) is 61.5. The average Bonchev–Trinajstić information content (AvgIpc) is 4.15. The molecule has 0 spiro atoms. The minimum Gasteiger partial charge on any atom is -0.445 e. The third-order valence-electron chi connectivity index (χ3n) is 16.2. The number of ether oxygens (including phenoxy) is 4. The van der Waals surface area contributed by atoms with E-state index in [1.54, 1.807) is 61.0 Å². The van der Waals surface area contributed by atoms with Crippen molar-refractivity contribution >= 4 is 74.8 Å². The fourth-order valence-corrected chi connectivity index (χ4v) is 11.5. The van der Waals surface area contributed by atoms with Crippen molar-refractivity contribution in [3.05, 3.63) is 71.8 Å². The molecule has 1 aliphatic heterocycles. The van der Waals surface area contributed by atoms with Crippen LogP contribution >= 0.6 is 15.9 Å². The summed E-state index contributed by atoms with van der Waals surface area (Å²) in [6.45, 7) is 15.1. The normalized spacial score (nSPS) is 19.0. The van der Waals surface area contributed by atoms with Crippen molar-refractivity contribution in [1.82, 2.24) is 25.3 Å². The highest BCUT2D eigenvalue weighted by molar-refractivity contribution is 9.09. The van der Waals surface area contributed by atoms with Gasteiger partial charge in [0.25, 0.3) is 0 Å². The van der Waals surface area contributed by atoms with Crippen molar-refractivity contribution in [3.8, 4) is 0 Å². The van der Waals surface area contributed by atoms with E-state index < -0.39 is 78.5 Å². The first kappa shape index (κ1) is 69.6. The molecule has 83 heavy (non-hydrogen) atoms. The zero-order valence-corrected chi connectivity index (χ0v) is 52.5.